The predicted molar refractivity (Wildman–Crippen MR) is 103 cm³/mol. The highest BCUT2D eigenvalue weighted by Crippen LogP contribution is 2.33. The summed E-state index contributed by atoms with van der Waals surface area (Å²) >= 11 is 0. The van der Waals surface area contributed by atoms with Gasteiger partial charge in [-0.15, -0.1) is 0 Å². The standard InChI is InChI=1S/C21H27N3O/c1-15(23-11-5-4-6-12-23)14-24-20-13-17(25-3)7-8-18(20)19-9-10-22-16(2)21(19)24/h7-10,13,15H,4-6,11-12,14H2,1-3H3. The number of nitrogens with zero attached hydrogens (tertiary/aromatic N) is 3. The highest BCUT2D eigenvalue weighted by Gasteiger charge is 2.20. The Morgan fingerprint density at radius 3 is 2.68 bits per heavy atom. The summed E-state index contributed by atoms with van der Waals surface area (Å²) in [5, 5.41) is 2.57. The Kier molecular flexibility index (Phi) is 4.38. The number of likely N-dealkylation sites (tertiary alicyclic amines) is 1. The summed E-state index contributed by atoms with van der Waals surface area (Å²) in [6.07, 6.45) is 5.94. The Morgan fingerprint density at radius 1 is 1.12 bits per heavy atom. The highest BCUT2D eigenvalue weighted by atomic mass is 16.5. The summed E-state index contributed by atoms with van der Waals surface area (Å²) in [7, 11) is 1.73. The van der Waals surface area contributed by atoms with Gasteiger partial charge in [0.25, 0.3) is 0 Å². The number of fused-ring (bicyclic) bond motifs is 3. The Morgan fingerprint density at radius 2 is 1.92 bits per heavy atom. The van der Waals surface area contributed by atoms with Crippen molar-refractivity contribution in [3.05, 3.63) is 36.2 Å². The Bertz CT molecular complexity index is 893. The van der Waals surface area contributed by atoms with E-state index in [2.05, 4.69) is 52.6 Å². The zero-order valence-corrected chi connectivity index (χ0v) is 15.5. The number of pyridine rings is 1. The van der Waals surface area contributed by atoms with Crippen molar-refractivity contribution in [3.8, 4) is 5.75 Å². The number of hydrogen-bond donors (Lipinski definition) is 0. The van der Waals surface area contributed by atoms with Gasteiger partial charge in [0.05, 0.1) is 23.8 Å². The van der Waals surface area contributed by atoms with Crippen molar-refractivity contribution in [1.29, 1.82) is 0 Å². The molecule has 1 atom stereocenters. The van der Waals surface area contributed by atoms with E-state index in [1.165, 1.54) is 54.2 Å². The third-order valence-corrected chi connectivity index (χ3v) is 5.62. The fourth-order valence-corrected chi connectivity index (χ4v) is 4.26. The molecule has 4 heteroatoms. The van der Waals surface area contributed by atoms with Gasteiger partial charge in [-0.25, -0.2) is 0 Å². The van der Waals surface area contributed by atoms with E-state index in [-0.39, 0.29) is 0 Å². The molecule has 0 saturated carbocycles. The minimum absolute atomic E-state index is 0.518. The van der Waals surface area contributed by atoms with Gasteiger partial charge in [0.2, 0.25) is 0 Å². The highest BCUT2D eigenvalue weighted by molar-refractivity contribution is 6.09. The first-order valence-electron chi connectivity index (χ1n) is 9.34. The molecule has 0 spiro atoms. The van der Waals surface area contributed by atoms with Crippen LogP contribution in [0.25, 0.3) is 21.8 Å². The second-order valence-electron chi connectivity index (χ2n) is 7.23. The van der Waals surface area contributed by atoms with Gasteiger partial charge in [0.1, 0.15) is 5.75 Å². The van der Waals surface area contributed by atoms with Crippen LogP contribution in [0.5, 0.6) is 5.75 Å². The molecule has 0 bridgehead atoms. The normalized spacial score (nSPS) is 17.2. The molecular weight excluding hydrogens is 310 g/mol. The van der Waals surface area contributed by atoms with E-state index < -0.39 is 0 Å². The fourth-order valence-electron chi connectivity index (χ4n) is 4.26. The maximum absolute atomic E-state index is 5.49. The first-order chi connectivity index (χ1) is 12.2. The second-order valence-corrected chi connectivity index (χ2v) is 7.23. The molecule has 0 radical (unpaired) electrons. The summed E-state index contributed by atoms with van der Waals surface area (Å²) in [4.78, 5) is 7.19. The van der Waals surface area contributed by atoms with Gasteiger partial charge in [-0.3, -0.25) is 9.88 Å². The van der Waals surface area contributed by atoms with E-state index in [1.807, 2.05) is 6.20 Å². The monoisotopic (exact) mass is 337 g/mol. The number of aromatic nitrogens is 2. The summed E-state index contributed by atoms with van der Waals surface area (Å²) in [5.41, 5.74) is 3.60. The number of aryl methyl sites for hydroxylation is 1. The zero-order chi connectivity index (χ0) is 17.4. The molecule has 0 N–H and O–H groups in total. The molecule has 1 saturated heterocycles. The zero-order valence-electron chi connectivity index (χ0n) is 15.5. The van der Waals surface area contributed by atoms with E-state index in [0.717, 1.165) is 18.0 Å². The summed E-state index contributed by atoms with van der Waals surface area (Å²) in [5.74, 6) is 0.910. The first kappa shape index (κ1) is 16.4. The number of ether oxygens (including phenoxy) is 1. The molecule has 132 valence electrons. The number of rotatable bonds is 4. The largest absolute Gasteiger partial charge is 0.497 e. The van der Waals surface area contributed by atoms with Crippen molar-refractivity contribution < 1.29 is 4.74 Å². The molecular formula is C21H27N3O. The van der Waals surface area contributed by atoms with Crippen LogP contribution in [-0.2, 0) is 6.54 Å². The third kappa shape index (κ3) is 2.89. The molecule has 1 aliphatic rings. The second kappa shape index (κ2) is 6.68. The molecule has 25 heavy (non-hydrogen) atoms. The van der Waals surface area contributed by atoms with Crippen LogP contribution < -0.4 is 4.74 Å². The molecule has 1 aliphatic heterocycles. The van der Waals surface area contributed by atoms with Crippen molar-refractivity contribution in [2.45, 2.75) is 45.7 Å². The lowest BCUT2D eigenvalue weighted by Gasteiger charge is -2.33. The maximum Gasteiger partial charge on any atom is 0.120 e. The third-order valence-electron chi connectivity index (χ3n) is 5.62. The van der Waals surface area contributed by atoms with Crippen LogP contribution in [0.1, 0.15) is 31.9 Å². The minimum Gasteiger partial charge on any atom is -0.497 e. The van der Waals surface area contributed by atoms with Gasteiger partial charge in [-0.1, -0.05) is 6.42 Å². The van der Waals surface area contributed by atoms with Gasteiger partial charge in [-0.05, 0) is 58.0 Å². The molecule has 4 nitrogen and oxygen atoms in total. The summed E-state index contributed by atoms with van der Waals surface area (Å²) < 4.78 is 7.94. The number of piperidine rings is 1. The fraction of sp³-hybridized carbons (Fsp3) is 0.476. The Hall–Kier alpha value is -2.07. The molecule has 1 fully saturated rings. The first-order valence-corrected chi connectivity index (χ1v) is 9.34. The van der Waals surface area contributed by atoms with Crippen LogP contribution in [-0.4, -0.2) is 40.7 Å². The van der Waals surface area contributed by atoms with Crippen LogP contribution in [0, 0.1) is 6.92 Å². The smallest absolute Gasteiger partial charge is 0.120 e. The summed E-state index contributed by atoms with van der Waals surface area (Å²) in [6, 6.07) is 9.05. The van der Waals surface area contributed by atoms with Crippen LogP contribution in [0.15, 0.2) is 30.5 Å². The lowest BCUT2D eigenvalue weighted by molar-refractivity contribution is 0.161. The van der Waals surface area contributed by atoms with Gasteiger partial charge >= 0.3 is 0 Å². The minimum atomic E-state index is 0.518. The van der Waals surface area contributed by atoms with Gasteiger partial charge in [0.15, 0.2) is 0 Å². The van der Waals surface area contributed by atoms with Crippen molar-refractivity contribution >= 4 is 21.8 Å². The molecule has 0 amide bonds. The molecule has 3 heterocycles. The average molecular weight is 337 g/mol. The van der Waals surface area contributed by atoms with E-state index in [1.54, 1.807) is 7.11 Å². The number of methoxy groups -OCH3 is 1. The SMILES string of the molecule is COc1ccc2c3ccnc(C)c3n(CC(C)N3CCCCC3)c2c1. The molecule has 2 aromatic heterocycles. The van der Waals surface area contributed by atoms with Crippen molar-refractivity contribution in [3.63, 3.8) is 0 Å². The number of hydrogen-bond acceptors (Lipinski definition) is 3. The van der Waals surface area contributed by atoms with E-state index in [4.69, 9.17) is 4.74 Å². The Labute approximate surface area is 149 Å². The van der Waals surface area contributed by atoms with Gasteiger partial charge < -0.3 is 9.30 Å². The van der Waals surface area contributed by atoms with Crippen LogP contribution in [0.2, 0.25) is 0 Å². The lowest BCUT2D eigenvalue weighted by Crippen LogP contribution is -2.39. The average Bonchev–Trinajstić information content (AvgIpc) is 2.97. The van der Waals surface area contributed by atoms with Crippen LogP contribution in [0.4, 0.5) is 0 Å². The van der Waals surface area contributed by atoms with Gasteiger partial charge in [0, 0.05) is 35.6 Å². The molecule has 3 aromatic rings. The topological polar surface area (TPSA) is 30.3 Å². The van der Waals surface area contributed by atoms with Crippen molar-refractivity contribution in [2.75, 3.05) is 20.2 Å². The van der Waals surface area contributed by atoms with E-state index in [0.29, 0.717) is 6.04 Å². The van der Waals surface area contributed by atoms with Crippen molar-refractivity contribution in [2.24, 2.45) is 0 Å². The quantitative estimate of drug-likeness (QED) is 0.708. The molecule has 4 rings (SSSR count). The van der Waals surface area contributed by atoms with Crippen LogP contribution in [0.3, 0.4) is 0 Å². The Balaban J connectivity index is 1.84. The molecule has 1 unspecified atom stereocenters. The molecule has 0 aliphatic carbocycles. The maximum atomic E-state index is 5.49. The lowest BCUT2D eigenvalue weighted by atomic mass is 10.1. The summed E-state index contributed by atoms with van der Waals surface area (Å²) in [6.45, 7) is 7.90. The van der Waals surface area contributed by atoms with E-state index in [9.17, 15) is 0 Å². The van der Waals surface area contributed by atoms with E-state index >= 15 is 0 Å². The van der Waals surface area contributed by atoms with Crippen LogP contribution >= 0.6 is 0 Å². The number of benzene rings is 1. The van der Waals surface area contributed by atoms with Gasteiger partial charge in [-0.2, -0.15) is 0 Å². The predicted octanol–water partition coefficient (Wildman–Crippen LogP) is 4.38. The molecule has 1 aromatic carbocycles. The van der Waals surface area contributed by atoms with Crippen molar-refractivity contribution in [1.82, 2.24) is 14.5 Å².